The maximum atomic E-state index is 11.8. The third kappa shape index (κ3) is 6.22. The minimum Gasteiger partial charge on any atom is -0.390 e. The first-order valence-electron chi connectivity index (χ1n) is 7.53. The van der Waals surface area contributed by atoms with Crippen LogP contribution in [0.5, 0.6) is 0 Å². The van der Waals surface area contributed by atoms with Gasteiger partial charge in [-0.05, 0) is 26.2 Å². The van der Waals surface area contributed by atoms with Crippen LogP contribution in [-0.2, 0) is 14.4 Å². The van der Waals surface area contributed by atoms with E-state index >= 15 is 0 Å². The minimum atomic E-state index is -1.07. The Hall–Kier alpha value is -1.95. The van der Waals surface area contributed by atoms with Crippen molar-refractivity contribution in [1.82, 2.24) is 10.2 Å². The van der Waals surface area contributed by atoms with Gasteiger partial charge in [0.2, 0.25) is 5.91 Å². The number of amides is 3. The average Bonchev–Trinajstić information content (AvgIpc) is 2.75. The number of nitrogens with zero attached hydrogens (tertiary/aromatic N) is 1. The molecule has 122 valence electrons. The molecule has 0 spiro atoms. The van der Waals surface area contributed by atoms with Crippen LogP contribution in [0.3, 0.4) is 0 Å². The number of nitrogens with one attached hydrogen (secondary N) is 1. The first-order chi connectivity index (χ1) is 10.4. The molecule has 0 unspecified atom stereocenters. The lowest BCUT2D eigenvalue weighted by atomic mass is 9.95. The van der Waals surface area contributed by atoms with Gasteiger partial charge in [0.05, 0.1) is 12.0 Å². The molecule has 1 aliphatic rings. The molecule has 0 aromatic heterocycles. The van der Waals surface area contributed by atoms with Crippen molar-refractivity contribution < 1.29 is 19.5 Å². The van der Waals surface area contributed by atoms with E-state index in [2.05, 4.69) is 5.32 Å². The second-order valence-electron chi connectivity index (χ2n) is 5.60. The van der Waals surface area contributed by atoms with Gasteiger partial charge in [-0.3, -0.25) is 19.3 Å². The van der Waals surface area contributed by atoms with Crippen LogP contribution in [0.2, 0.25) is 0 Å². The summed E-state index contributed by atoms with van der Waals surface area (Å²) in [5, 5.41) is 12.8. The van der Waals surface area contributed by atoms with Crippen molar-refractivity contribution in [2.24, 2.45) is 0 Å². The predicted molar refractivity (Wildman–Crippen MR) is 82.8 cm³/mol. The maximum absolute atomic E-state index is 11.8. The fourth-order valence-corrected chi connectivity index (χ4v) is 2.13. The summed E-state index contributed by atoms with van der Waals surface area (Å²) in [6.45, 7) is 3.98. The van der Waals surface area contributed by atoms with Crippen molar-refractivity contribution in [1.29, 1.82) is 0 Å². The highest BCUT2D eigenvalue weighted by molar-refractivity contribution is 6.12. The van der Waals surface area contributed by atoms with Gasteiger partial charge in [0.15, 0.2) is 0 Å². The van der Waals surface area contributed by atoms with Crippen LogP contribution in [0.15, 0.2) is 24.3 Å². The van der Waals surface area contributed by atoms with Gasteiger partial charge < -0.3 is 10.4 Å². The highest BCUT2D eigenvalue weighted by Gasteiger charge is 2.25. The van der Waals surface area contributed by atoms with E-state index in [1.165, 1.54) is 12.2 Å². The largest absolute Gasteiger partial charge is 0.390 e. The quantitative estimate of drug-likeness (QED) is 0.490. The maximum Gasteiger partial charge on any atom is 0.253 e. The van der Waals surface area contributed by atoms with Gasteiger partial charge >= 0.3 is 0 Å². The molecule has 1 heterocycles. The minimum absolute atomic E-state index is 0.00684. The SMILES string of the molecule is CC/C=C/CC[C@@](C)(O)CC(=O)NCCN1C(=O)C=CC1=O. The van der Waals surface area contributed by atoms with E-state index in [0.29, 0.717) is 6.42 Å². The van der Waals surface area contributed by atoms with Crippen LogP contribution in [0.1, 0.15) is 39.5 Å². The number of aliphatic hydroxyl groups is 1. The molecule has 0 aromatic rings. The highest BCUT2D eigenvalue weighted by Crippen LogP contribution is 2.17. The van der Waals surface area contributed by atoms with Crippen molar-refractivity contribution in [3.63, 3.8) is 0 Å². The van der Waals surface area contributed by atoms with E-state index < -0.39 is 5.60 Å². The lowest BCUT2D eigenvalue weighted by Crippen LogP contribution is -2.40. The van der Waals surface area contributed by atoms with Crippen molar-refractivity contribution >= 4 is 17.7 Å². The zero-order chi connectivity index (χ0) is 16.6. The average molecular weight is 308 g/mol. The van der Waals surface area contributed by atoms with Crippen LogP contribution in [0, 0.1) is 0 Å². The van der Waals surface area contributed by atoms with Crippen molar-refractivity contribution in [2.45, 2.75) is 45.1 Å². The Kier molecular flexibility index (Phi) is 6.98. The van der Waals surface area contributed by atoms with Crippen LogP contribution < -0.4 is 5.32 Å². The number of carbonyl (C=O) groups is 3. The fraction of sp³-hybridized carbons (Fsp3) is 0.562. The Balaban J connectivity index is 2.26. The molecule has 22 heavy (non-hydrogen) atoms. The molecule has 3 amide bonds. The molecule has 0 saturated carbocycles. The third-order valence-corrected chi connectivity index (χ3v) is 3.35. The number of hydrogen-bond acceptors (Lipinski definition) is 4. The molecule has 0 fully saturated rings. The number of allylic oxidation sites excluding steroid dienone is 2. The van der Waals surface area contributed by atoms with E-state index in [9.17, 15) is 19.5 Å². The zero-order valence-corrected chi connectivity index (χ0v) is 13.2. The second-order valence-corrected chi connectivity index (χ2v) is 5.60. The molecule has 1 aliphatic heterocycles. The lowest BCUT2D eigenvalue weighted by molar-refractivity contribution is -0.137. The molecule has 0 aromatic carbocycles. The van der Waals surface area contributed by atoms with Gasteiger partial charge in [-0.2, -0.15) is 0 Å². The van der Waals surface area contributed by atoms with E-state index in [4.69, 9.17) is 0 Å². The van der Waals surface area contributed by atoms with Gasteiger partial charge in [-0.1, -0.05) is 19.1 Å². The van der Waals surface area contributed by atoms with E-state index in [1.54, 1.807) is 6.92 Å². The summed E-state index contributed by atoms with van der Waals surface area (Å²) in [6.07, 6.45) is 8.59. The molecule has 6 heteroatoms. The Morgan fingerprint density at radius 2 is 1.95 bits per heavy atom. The standard InChI is InChI=1S/C16H24N2O4/c1-3-4-5-6-9-16(2,22)12-13(19)17-10-11-18-14(20)7-8-15(18)21/h4-5,7-8,22H,3,6,9-12H2,1-2H3,(H,17,19)/b5-4+/t16-/m1/s1. The Labute approximate surface area is 130 Å². The van der Waals surface area contributed by atoms with Gasteiger partial charge in [-0.15, -0.1) is 0 Å². The molecule has 0 bridgehead atoms. The summed E-state index contributed by atoms with van der Waals surface area (Å²) in [4.78, 5) is 35.5. The van der Waals surface area contributed by atoms with Gasteiger partial charge in [0.25, 0.3) is 11.8 Å². The van der Waals surface area contributed by atoms with Crippen molar-refractivity contribution in [3.8, 4) is 0 Å². The number of imide groups is 1. The predicted octanol–water partition coefficient (Wildman–Crippen LogP) is 0.915. The molecule has 0 aliphatic carbocycles. The fourth-order valence-electron chi connectivity index (χ4n) is 2.13. The molecular formula is C16H24N2O4. The number of rotatable bonds is 9. The zero-order valence-electron chi connectivity index (χ0n) is 13.2. The van der Waals surface area contributed by atoms with Gasteiger partial charge in [0.1, 0.15) is 0 Å². The highest BCUT2D eigenvalue weighted by atomic mass is 16.3. The van der Waals surface area contributed by atoms with Crippen molar-refractivity contribution in [2.75, 3.05) is 13.1 Å². The first kappa shape index (κ1) is 18.1. The normalized spacial score (nSPS) is 17.3. The second kappa shape index (κ2) is 8.48. The van der Waals surface area contributed by atoms with E-state index in [1.807, 2.05) is 19.1 Å². The summed E-state index contributed by atoms with van der Waals surface area (Å²) in [5.74, 6) is -1.03. The lowest BCUT2D eigenvalue weighted by Gasteiger charge is -2.22. The van der Waals surface area contributed by atoms with E-state index in [0.717, 1.165) is 17.7 Å². The molecule has 1 rings (SSSR count). The van der Waals surface area contributed by atoms with E-state index in [-0.39, 0.29) is 37.2 Å². The molecule has 0 radical (unpaired) electrons. The topological polar surface area (TPSA) is 86.7 Å². The molecule has 0 saturated heterocycles. The van der Waals surface area contributed by atoms with Crippen LogP contribution in [0.25, 0.3) is 0 Å². The summed E-state index contributed by atoms with van der Waals surface area (Å²) in [5.41, 5.74) is -1.07. The molecule has 1 atom stereocenters. The molecule has 2 N–H and O–H groups in total. The Bertz CT molecular complexity index is 463. The number of carbonyl (C=O) groups excluding carboxylic acids is 3. The molecular weight excluding hydrogens is 284 g/mol. The summed E-state index contributed by atoms with van der Waals surface area (Å²) in [6, 6.07) is 0. The van der Waals surface area contributed by atoms with Gasteiger partial charge in [-0.25, -0.2) is 0 Å². The summed E-state index contributed by atoms with van der Waals surface area (Å²) >= 11 is 0. The van der Waals surface area contributed by atoms with Crippen molar-refractivity contribution in [3.05, 3.63) is 24.3 Å². The summed E-state index contributed by atoms with van der Waals surface area (Å²) < 4.78 is 0. The van der Waals surface area contributed by atoms with Crippen LogP contribution in [0.4, 0.5) is 0 Å². The van der Waals surface area contributed by atoms with Crippen LogP contribution >= 0.6 is 0 Å². The smallest absolute Gasteiger partial charge is 0.253 e. The summed E-state index contributed by atoms with van der Waals surface area (Å²) in [7, 11) is 0. The Morgan fingerprint density at radius 3 is 2.55 bits per heavy atom. The monoisotopic (exact) mass is 308 g/mol. The Morgan fingerprint density at radius 1 is 1.32 bits per heavy atom. The third-order valence-electron chi connectivity index (χ3n) is 3.35. The molecule has 6 nitrogen and oxygen atoms in total. The number of hydrogen-bond donors (Lipinski definition) is 2. The van der Waals surface area contributed by atoms with Gasteiger partial charge in [0, 0.05) is 25.2 Å². The first-order valence-corrected chi connectivity index (χ1v) is 7.53. The van der Waals surface area contributed by atoms with Crippen LogP contribution in [-0.4, -0.2) is 46.4 Å².